The van der Waals surface area contributed by atoms with Crippen LogP contribution in [0.15, 0.2) is 18.2 Å². The lowest BCUT2D eigenvalue weighted by molar-refractivity contribution is 0.502. The number of fused-ring (bicyclic) bond motifs is 1. The van der Waals surface area contributed by atoms with Gasteiger partial charge >= 0.3 is 0 Å². The Morgan fingerprint density at radius 1 is 1.53 bits per heavy atom. The summed E-state index contributed by atoms with van der Waals surface area (Å²) in [4.78, 5) is 1.70. The van der Waals surface area contributed by atoms with Gasteiger partial charge in [-0.05, 0) is 30.4 Å². The summed E-state index contributed by atoms with van der Waals surface area (Å²) in [6, 6.07) is 4.01. The van der Waals surface area contributed by atoms with E-state index in [1.807, 2.05) is 0 Å². The predicted molar refractivity (Wildman–Crippen MR) is 77.6 cm³/mol. The fourth-order valence-corrected chi connectivity index (χ4v) is 4.98. The van der Waals surface area contributed by atoms with Crippen LogP contribution in [-0.4, -0.2) is 33.3 Å². The predicted octanol–water partition coefficient (Wildman–Crippen LogP) is 1.90. The molecule has 3 rings (SSSR count). The van der Waals surface area contributed by atoms with Crippen molar-refractivity contribution in [2.45, 2.75) is 12.1 Å². The van der Waals surface area contributed by atoms with Crippen LogP contribution in [0.4, 0.5) is 10.1 Å². The molecule has 2 aliphatic heterocycles. The minimum Gasteiger partial charge on any atom is -0.352 e. The number of anilines is 1. The first-order chi connectivity index (χ1) is 8.87. The normalized spacial score (nSPS) is 33.4. The van der Waals surface area contributed by atoms with Crippen molar-refractivity contribution in [3.63, 3.8) is 0 Å². The molecule has 0 bridgehead atoms. The highest BCUT2D eigenvalue weighted by Crippen LogP contribution is 2.32. The van der Waals surface area contributed by atoms with Gasteiger partial charge in [0.1, 0.15) is 17.9 Å². The van der Waals surface area contributed by atoms with E-state index in [1.165, 1.54) is 12.1 Å². The van der Waals surface area contributed by atoms with Gasteiger partial charge in [-0.1, -0.05) is 15.8 Å². The zero-order chi connectivity index (χ0) is 13.8. The summed E-state index contributed by atoms with van der Waals surface area (Å²) >= 11 is 10.9. The van der Waals surface area contributed by atoms with E-state index in [9.17, 15) is 13.2 Å². The zero-order valence-corrected chi connectivity index (χ0v) is 12.1. The van der Waals surface area contributed by atoms with E-state index in [4.69, 9.17) is 23.8 Å². The van der Waals surface area contributed by atoms with Crippen molar-refractivity contribution in [2.75, 3.05) is 16.4 Å². The SMILES string of the molecule is O=[S+]1(O)C[C@@H]2NC(=S)N(c3ccc(Cl)c(F)c3)[C@@H]2C1. The Bertz CT molecular complexity index is 612. The molecule has 2 heterocycles. The van der Waals surface area contributed by atoms with Crippen molar-refractivity contribution in [1.82, 2.24) is 5.32 Å². The standard InChI is InChI=1S/C11H10ClFN2O2S2/c12-7-2-1-6(3-8(7)13)15-10-5-19(16,17)4-9(10)14-11(15)18/h1-3,9-10H,4-5H2,(H-,14,16,17,18)/p+1/t9-,10+/m0/s1. The number of benzene rings is 1. The maximum absolute atomic E-state index is 13.5. The Morgan fingerprint density at radius 2 is 2.26 bits per heavy atom. The third-order valence-electron chi connectivity index (χ3n) is 3.38. The third-order valence-corrected chi connectivity index (χ3v) is 5.74. The van der Waals surface area contributed by atoms with Gasteiger partial charge in [0, 0.05) is 5.69 Å². The Kier molecular flexibility index (Phi) is 3.05. The second-order valence-electron chi connectivity index (χ2n) is 4.70. The van der Waals surface area contributed by atoms with Crippen molar-refractivity contribution < 1.29 is 13.2 Å². The average Bonchev–Trinajstić information content (AvgIpc) is 2.73. The van der Waals surface area contributed by atoms with Crippen molar-refractivity contribution in [3.05, 3.63) is 29.0 Å². The van der Waals surface area contributed by atoms with Gasteiger partial charge in [0.15, 0.2) is 16.6 Å². The van der Waals surface area contributed by atoms with E-state index in [0.717, 1.165) is 0 Å². The van der Waals surface area contributed by atoms with Gasteiger partial charge in [0.05, 0.1) is 5.02 Å². The molecule has 0 radical (unpaired) electrons. The van der Waals surface area contributed by atoms with Crippen LogP contribution in [0.5, 0.6) is 0 Å². The number of halogens is 2. The van der Waals surface area contributed by atoms with Crippen LogP contribution in [-0.2, 0) is 14.4 Å². The Balaban J connectivity index is 1.97. The minimum atomic E-state index is -2.82. The second-order valence-corrected chi connectivity index (χ2v) is 7.70. The number of rotatable bonds is 1. The van der Waals surface area contributed by atoms with Crippen LogP contribution in [0, 0.1) is 5.82 Å². The van der Waals surface area contributed by atoms with Gasteiger partial charge < -0.3 is 10.2 Å². The average molecular weight is 322 g/mol. The lowest BCUT2D eigenvalue weighted by atomic mass is 10.1. The number of thiocarbonyl (C=S) groups is 1. The Hall–Kier alpha value is -0.760. The molecule has 2 saturated heterocycles. The highest BCUT2D eigenvalue weighted by atomic mass is 35.5. The summed E-state index contributed by atoms with van der Waals surface area (Å²) in [7, 11) is -2.82. The fraction of sp³-hybridized carbons (Fsp3) is 0.364. The Morgan fingerprint density at radius 3 is 2.95 bits per heavy atom. The fourth-order valence-electron chi connectivity index (χ4n) is 2.56. The zero-order valence-electron chi connectivity index (χ0n) is 9.68. The molecule has 0 aliphatic carbocycles. The summed E-state index contributed by atoms with van der Waals surface area (Å²) in [5, 5.41) is 3.51. The maximum atomic E-state index is 13.5. The van der Waals surface area contributed by atoms with Crippen molar-refractivity contribution in [3.8, 4) is 0 Å². The summed E-state index contributed by atoms with van der Waals surface area (Å²) in [6.45, 7) is 0. The number of nitrogens with one attached hydrogen (secondary N) is 1. The van der Waals surface area contributed by atoms with E-state index in [0.29, 0.717) is 10.8 Å². The summed E-state index contributed by atoms with van der Waals surface area (Å²) < 4.78 is 35.0. The molecule has 2 fully saturated rings. The molecule has 4 nitrogen and oxygen atoms in total. The molecular formula is C11H11ClFN2O2S2+. The maximum Gasteiger partial charge on any atom is 0.218 e. The van der Waals surface area contributed by atoms with Crippen LogP contribution in [0.3, 0.4) is 0 Å². The molecule has 102 valence electrons. The van der Waals surface area contributed by atoms with Crippen LogP contribution in [0.25, 0.3) is 0 Å². The van der Waals surface area contributed by atoms with Crippen LogP contribution in [0.2, 0.25) is 5.02 Å². The number of hydrogen-bond donors (Lipinski definition) is 2. The second kappa shape index (κ2) is 4.37. The molecule has 0 saturated carbocycles. The van der Waals surface area contributed by atoms with E-state index in [-0.39, 0.29) is 28.6 Å². The summed E-state index contributed by atoms with van der Waals surface area (Å²) in [5.41, 5.74) is 0.545. The first-order valence-electron chi connectivity index (χ1n) is 5.64. The van der Waals surface area contributed by atoms with Crippen molar-refractivity contribution in [1.29, 1.82) is 0 Å². The van der Waals surface area contributed by atoms with Gasteiger partial charge in [0.2, 0.25) is 10.2 Å². The van der Waals surface area contributed by atoms with E-state index >= 15 is 0 Å². The largest absolute Gasteiger partial charge is 0.352 e. The molecule has 2 aliphatic rings. The van der Waals surface area contributed by atoms with E-state index < -0.39 is 16.0 Å². The summed E-state index contributed by atoms with van der Waals surface area (Å²) in [6.07, 6.45) is 0. The molecule has 0 amide bonds. The molecule has 2 N–H and O–H groups in total. The van der Waals surface area contributed by atoms with Gasteiger partial charge in [-0.25, -0.2) is 4.39 Å². The molecule has 8 heteroatoms. The van der Waals surface area contributed by atoms with Crippen molar-refractivity contribution >= 4 is 44.8 Å². The van der Waals surface area contributed by atoms with Gasteiger partial charge in [-0.15, -0.1) is 0 Å². The first kappa shape index (κ1) is 13.2. The molecular weight excluding hydrogens is 311 g/mol. The lowest BCUT2D eigenvalue weighted by Crippen LogP contribution is -2.37. The molecule has 0 aromatic heterocycles. The smallest absolute Gasteiger partial charge is 0.218 e. The molecule has 1 aromatic carbocycles. The topological polar surface area (TPSA) is 52.6 Å². The molecule has 1 aromatic rings. The molecule has 0 spiro atoms. The highest BCUT2D eigenvalue weighted by molar-refractivity contribution is 7.98. The van der Waals surface area contributed by atoms with E-state index in [1.54, 1.807) is 11.0 Å². The molecule has 19 heavy (non-hydrogen) atoms. The van der Waals surface area contributed by atoms with Crippen LogP contribution in [0.1, 0.15) is 0 Å². The molecule has 1 unspecified atom stereocenters. The first-order valence-corrected chi connectivity index (χ1v) is 8.28. The van der Waals surface area contributed by atoms with Crippen molar-refractivity contribution in [2.24, 2.45) is 0 Å². The minimum absolute atomic E-state index is 0.0377. The quantitative estimate of drug-likeness (QED) is 0.611. The summed E-state index contributed by atoms with van der Waals surface area (Å²) in [5.74, 6) is -0.229. The third kappa shape index (κ3) is 2.24. The van der Waals surface area contributed by atoms with Gasteiger partial charge in [-0.2, -0.15) is 4.55 Å². The highest BCUT2D eigenvalue weighted by Gasteiger charge is 2.54. The Labute approximate surface area is 121 Å². The number of nitrogens with zero attached hydrogens (tertiary/aromatic N) is 1. The van der Waals surface area contributed by atoms with Gasteiger partial charge in [0.25, 0.3) is 0 Å². The monoisotopic (exact) mass is 321 g/mol. The van der Waals surface area contributed by atoms with Gasteiger partial charge in [-0.3, -0.25) is 0 Å². The van der Waals surface area contributed by atoms with Crippen LogP contribution < -0.4 is 10.2 Å². The molecule has 3 atom stereocenters. The van der Waals surface area contributed by atoms with E-state index in [2.05, 4.69) is 5.32 Å². The lowest BCUT2D eigenvalue weighted by Gasteiger charge is -2.22. The number of hydrogen-bond acceptors (Lipinski definition) is 2. The van der Waals surface area contributed by atoms with Crippen LogP contribution >= 0.6 is 23.8 Å².